The monoisotopic (exact) mass is 486 g/mol. The molecule has 0 saturated heterocycles. The van der Waals surface area contributed by atoms with Gasteiger partial charge in [-0.15, -0.1) is 0 Å². The lowest BCUT2D eigenvalue weighted by molar-refractivity contribution is -0.127. The van der Waals surface area contributed by atoms with E-state index in [1.165, 1.54) is 4.90 Å². The minimum atomic E-state index is -0.888. The fraction of sp³-hybridized carbons (Fsp3) is 0.310. The van der Waals surface area contributed by atoms with E-state index >= 15 is 0 Å². The van der Waals surface area contributed by atoms with Crippen LogP contribution >= 0.6 is 0 Å². The zero-order chi connectivity index (χ0) is 26.2. The van der Waals surface area contributed by atoms with E-state index in [1.807, 2.05) is 77.1 Å². The molecule has 7 heteroatoms. The van der Waals surface area contributed by atoms with E-state index in [1.54, 1.807) is 24.4 Å². The lowest BCUT2D eigenvalue weighted by Gasteiger charge is -2.32. The highest BCUT2D eigenvalue weighted by molar-refractivity contribution is 6.03. The number of carbonyl (C=O) groups excluding carboxylic acids is 3. The van der Waals surface area contributed by atoms with Crippen molar-refractivity contribution in [2.75, 3.05) is 10.2 Å². The topological polar surface area (TPSA) is 91.4 Å². The zero-order valence-electron chi connectivity index (χ0n) is 21.5. The van der Waals surface area contributed by atoms with Gasteiger partial charge in [0, 0.05) is 30.8 Å². The standard InChI is InChI=1S/C29H34N4O3/c1-19(2)31-29(36)28(23-12-9-20(3)10-13-23)33(24-14-11-21(4)22(5)18-24)27(35)16-15-26(34)32-25-8-6-7-17-30-25/h6-14,17-19,28H,15-16H2,1-5H3,(H,31,36)(H,30,32,34)/t28-/m1/s1. The summed E-state index contributed by atoms with van der Waals surface area (Å²) in [6.07, 6.45) is 1.48. The van der Waals surface area contributed by atoms with Gasteiger partial charge in [-0.3, -0.25) is 19.3 Å². The average Bonchev–Trinajstić information content (AvgIpc) is 2.84. The van der Waals surface area contributed by atoms with Crippen molar-refractivity contribution in [3.8, 4) is 0 Å². The molecule has 0 aliphatic rings. The Hall–Kier alpha value is -4.00. The van der Waals surface area contributed by atoms with Crippen molar-refractivity contribution >= 4 is 29.2 Å². The molecule has 36 heavy (non-hydrogen) atoms. The maximum absolute atomic E-state index is 13.7. The maximum Gasteiger partial charge on any atom is 0.248 e. The molecular formula is C29H34N4O3. The molecular weight excluding hydrogens is 452 g/mol. The van der Waals surface area contributed by atoms with Crippen LogP contribution in [0.5, 0.6) is 0 Å². The molecule has 0 saturated carbocycles. The van der Waals surface area contributed by atoms with Crippen molar-refractivity contribution < 1.29 is 14.4 Å². The Bertz CT molecular complexity index is 1210. The van der Waals surface area contributed by atoms with E-state index in [0.29, 0.717) is 17.1 Å². The third-order valence-electron chi connectivity index (χ3n) is 5.87. The molecule has 1 aromatic heterocycles. The molecule has 0 fully saturated rings. The molecule has 0 aliphatic heterocycles. The summed E-state index contributed by atoms with van der Waals surface area (Å²) in [5, 5.41) is 5.67. The van der Waals surface area contributed by atoms with Crippen LogP contribution in [-0.4, -0.2) is 28.7 Å². The third kappa shape index (κ3) is 7.01. The van der Waals surface area contributed by atoms with Gasteiger partial charge in [0.15, 0.2) is 0 Å². The number of rotatable bonds is 9. The van der Waals surface area contributed by atoms with Crippen molar-refractivity contribution in [3.63, 3.8) is 0 Å². The second-order valence-corrected chi connectivity index (χ2v) is 9.27. The second kappa shape index (κ2) is 12.1. The Kier molecular flexibility index (Phi) is 8.95. The highest BCUT2D eigenvalue weighted by Gasteiger charge is 2.33. The molecule has 3 amide bonds. The van der Waals surface area contributed by atoms with E-state index in [-0.39, 0.29) is 36.6 Å². The fourth-order valence-corrected chi connectivity index (χ4v) is 3.83. The molecule has 2 N–H and O–H groups in total. The average molecular weight is 487 g/mol. The Morgan fingerprint density at radius 1 is 0.889 bits per heavy atom. The summed E-state index contributed by atoms with van der Waals surface area (Å²) < 4.78 is 0. The molecule has 1 heterocycles. The van der Waals surface area contributed by atoms with Crippen LogP contribution in [-0.2, 0) is 14.4 Å². The van der Waals surface area contributed by atoms with Gasteiger partial charge in [0.2, 0.25) is 17.7 Å². The van der Waals surface area contributed by atoms with Crippen molar-refractivity contribution in [1.29, 1.82) is 0 Å². The smallest absolute Gasteiger partial charge is 0.248 e. The number of aromatic nitrogens is 1. The van der Waals surface area contributed by atoms with Gasteiger partial charge in [-0.25, -0.2) is 4.98 Å². The summed E-state index contributed by atoms with van der Waals surface area (Å²) >= 11 is 0. The minimum Gasteiger partial charge on any atom is -0.352 e. The van der Waals surface area contributed by atoms with Gasteiger partial charge in [0.25, 0.3) is 0 Å². The molecule has 0 unspecified atom stereocenters. The maximum atomic E-state index is 13.7. The number of nitrogens with one attached hydrogen (secondary N) is 2. The predicted molar refractivity (Wildman–Crippen MR) is 143 cm³/mol. The largest absolute Gasteiger partial charge is 0.352 e. The van der Waals surface area contributed by atoms with Crippen LogP contribution in [0.15, 0.2) is 66.9 Å². The first-order chi connectivity index (χ1) is 17.2. The van der Waals surface area contributed by atoms with Gasteiger partial charge in [0.1, 0.15) is 11.9 Å². The van der Waals surface area contributed by atoms with Crippen LogP contribution in [0.4, 0.5) is 11.5 Å². The highest BCUT2D eigenvalue weighted by atomic mass is 16.2. The highest BCUT2D eigenvalue weighted by Crippen LogP contribution is 2.31. The van der Waals surface area contributed by atoms with Crippen LogP contribution in [0.3, 0.4) is 0 Å². The van der Waals surface area contributed by atoms with Gasteiger partial charge < -0.3 is 10.6 Å². The van der Waals surface area contributed by atoms with Crippen molar-refractivity contribution in [2.45, 2.75) is 59.5 Å². The lowest BCUT2D eigenvalue weighted by Crippen LogP contribution is -2.46. The first-order valence-electron chi connectivity index (χ1n) is 12.1. The Morgan fingerprint density at radius 2 is 1.61 bits per heavy atom. The Balaban J connectivity index is 1.96. The van der Waals surface area contributed by atoms with Gasteiger partial charge in [-0.05, 0) is 75.6 Å². The molecule has 1 atom stereocenters. The number of anilines is 2. The van der Waals surface area contributed by atoms with Crippen LogP contribution in [0.25, 0.3) is 0 Å². The van der Waals surface area contributed by atoms with E-state index < -0.39 is 6.04 Å². The Morgan fingerprint density at radius 3 is 2.22 bits per heavy atom. The molecule has 3 rings (SSSR count). The van der Waals surface area contributed by atoms with Crippen LogP contribution in [0.1, 0.15) is 55.0 Å². The number of nitrogens with zero attached hydrogens (tertiary/aromatic N) is 2. The molecule has 0 spiro atoms. The van der Waals surface area contributed by atoms with Gasteiger partial charge in [0.05, 0.1) is 0 Å². The SMILES string of the molecule is Cc1ccc([C@H](C(=O)NC(C)C)N(C(=O)CCC(=O)Nc2ccccn2)c2ccc(C)c(C)c2)cc1. The van der Waals surface area contributed by atoms with Crippen molar-refractivity contribution in [2.24, 2.45) is 0 Å². The number of aryl methyl sites for hydroxylation is 3. The molecule has 0 aliphatic carbocycles. The normalized spacial score (nSPS) is 11.6. The summed E-state index contributed by atoms with van der Waals surface area (Å²) in [7, 11) is 0. The van der Waals surface area contributed by atoms with Crippen LogP contribution in [0, 0.1) is 20.8 Å². The van der Waals surface area contributed by atoms with E-state index in [4.69, 9.17) is 0 Å². The summed E-state index contributed by atoms with van der Waals surface area (Å²) in [6.45, 7) is 9.70. The number of benzene rings is 2. The molecule has 0 radical (unpaired) electrons. The molecule has 2 aromatic carbocycles. The number of pyridine rings is 1. The molecule has 0 bridgehead atoms. The molecule has 7 nitrogen and oxygen atoms in total. The van der Waals surface area contributed by atoms with E-state index in [2.05, 4.69) is 15.6 Å². The first-order valence-corrected chi connectivity index (χ1v) is 12.1. The van der Waals surface area contributed by atoms with Crippen LogP contribution < -0.4 is 15.5 Å². The summed E-state index contributed by atoms with van der Waals surface area (Å²) in [5.74, 6) is -0.493. The zero-order valence-corrected chi connectivity index (χ0v) is 21.5. The van der Waals surface area contributed by atoms with Crippen LogP contribution in [0.2, 0.25) is 0 Å². The minimum absolute atomic E-state index is 0.0385. The lowest BCUT2D eigenvalue weighted by atomic mass is 9.99. The fourth-order valence-electron chi connectivity index (χ4n) is 3.83. The predicted octanol–water partition coefficient (Wildman–Crippen LogP) is 5.02. The molecule has 188 valence electrons. The third-order valence-corrected chi connectivity index (χ3v) is 5.87. The van der Waals surface area contributed by atoms with E-state index in [0.717, 1.165) is 16.7 Å². The van der Waals surface area contributed by atoms with Crippen molar-refractivity contribution in [3.05, 3.63) is 89.1 Å². The number of carbonyl (C=O) groups is 3. The molecule has 3 aromatic rings. The number of amides is 3. The quantitative estimate of drug-likeness (QED) is 0.444. The Labute approximate surface area is 212 Å². The summed E-state index contributed by atoms with van der Waals surface area (Å²) in [6, 6.07) is 17.5. The number of hydrogen-bond donors (Lipinski definition) is 2. The van der Waals surface area contributed by atoms with Crippen molar-refractivity contribution in [1.82, 2.24) is 10.3 Å². The van der Waals surface area contributed by atoms with Gasteiger partial charge in [-0.1, -0.05) is 42.0 Å². The van der Waals surface area contributed by atoms with Gasteiger partial charge in [-0.2, -0.15) is 0 Å². The second-order valence-electron chi connectivity index (χ2n) is 9.27. The van der Waals surface area contributed by atoms with Gasteiger partial charge >= 0.3 is 0 Å². The number of hydrogen-bond acceptors (Lipinski definition) is 4. The summed E-state index contributed by atoms with van der Waals surface area (Å²) in [5.41, 5.74) is 4.45. The first kappa shape index (κ1) is 26.6. The summed E-state index contributed by atoms with van der Waals surface area (Å²) in [4.78, 5) is 45.4. The van der Waals surface area contributed by atoms with E-state index in [9.17, 15) is 14.4 Å².